The van der Waals surface area contributed by atoms with Crippen LogP contribution in [-0.4, -0.2) is 40.9 Å². The second kappa shape index (κ2) is 4.09. The predicted molar refractivity (Wildman–Crippen MR) is 54.5 cm³/mol. The maximum Gasteiger partial charge on any atom is 0.328 e. The largest absolute Gasteiger partial charge is 0.478 e. The number of aliphatic carboxylic acids is 1. The van der Waals surface area contributed by atoms with Gasteiger partial charge in [-0.15, -0.1) is 0 Å². The van der Waals surface area contributed by atoms with Crippen molar-refractivity contribution in [2.75, 3.05) is 13.1 Å². The van der Waals surface area contributed by atoms with Crippen LogP contribution in [-0.2, 0) is 9.59 Å². The molecule has 94 valence electrons. The predicted octanol–water partition coefficient (Wildman–Crippen LogP) is 1.13. The third kappa shape index (κ3) is 2.30. The van der Waals surface area contributed by atoms with E-state index in [1.165, 1.54) is 4.90 Å². The van der Waals surface area contributed by atoms with Gasteiger partial charge < -0.3 is 10.0 Å². The standard InChI is InChI=1S/C11H13F2NO3/c12-11(13)4-3-7-5-14(6-8(7)11)9(15)1-2-10(16)17/h1-2,7-8H,3-6H2,(H,16,17)/b2-1+/t7-,8+/m0/s1. The van der Waals surface area contributed by atoms with Crippen LogP contribution in [0.4, 0.5) is 8.78 Å². The maximum atomic E-state index is 13.4. The van der Waals surface area contributed by atoms with E-state index in [0.717, 1.165) is 12.2 Å². The first-order chi connectivity index (χ1) is 7.90. The topological polar surface area (TPSA) is 57.6 Å². The van der Waals surface area contributed by atoms with Crippen molar-refractivity contribution >= 4 is 11.9 Å². The normalized spacial score (nSPS) is 30.8. The summed E-state index contributed by atoms with van der Waals surface area (Å²) in [6.07, 6.45) is 1.98. The van der Waals surface area contributed by atoms with E-state index in [2.05, 4.69) is 0 Å². The minimum absolute atomic E-state index is 0.0282. The molecule has 0 aromatic carbocycles. The Balaban J connectivity index is 1.99. The van der Waals surface area contributed by atoms with Gasteiger partial charge in [0.15, 0.2) is 0 Å². The summed E-state index contributed by atoms with van der Waals surface area (Å²) in [6, 6.07) is 0. The van der Waals surface area contributed by atoms with Crippen molar-refractivity contribution in [1.29, 1.82) is 0 Å². The quantitative estimate of drug-likeness (QED) is 0.742. The number of carbonyl (C=O) groups excluding carboxylic acids is 1. The fourth-order valence-electron chi connectivity index (χ4n) is 2.63. The number of carboxylic acids is 1. The maximum absolute atomic E-state index is 13.4. The van der Waals surface area contributed by atoms with Crippen LogP contribution in [0.1, 0.15) is 12.8 Å². The van der Waals surface area contributed by atoms with Gasteiger partial charge in [-0.3, -0.25) is 4.79 Å². The van der Waals surface area contributed by atoms with Crippen molar-refractivity contribution in [3.8, 4) is 0 Å². The fourth-order valence-corrected chi connectivity index (χ4v) is 2.63. The molecule has 0 unspecified atom stereocenters. The van der Waals surface area contributed by atoms with Crippen molar-refractivity contribution in [3.63, 3.8) is 0 Å². The van der Waals surface area contributed by atoms with E-state index in [9.17, 15) is 18.4 Å². The smallest absolute Gasteiger partial charge is 0.328 e. The van der Waals surface area contributed by atoms with Gasteiger partial charge in [0.05, 0.1) is 0 Å². The number of hydrogen-bond acceptors (Lipinski definition) is 2. The van der Waals surface area contributed by atoms with E-state index in [1.54, 1.807) is 0 Å². The third-order valence-electron chi connectivity index (χ3n) is 3.51. The molecule has 1 aliphatic heterocycles. The number of halogens is 2. The molecule has 0 radical (unpaired) electrons. The molecular weight excluding hydrogens is 232 g/mol. The number of carboxylic acid groups (broad SMARTS) is 1. The van der Waals surface area contributed by atoms with Crippen LogP contribution in [0.5, 0.6) is 0 Å². The molecule has 0 aromatic heterocycles. The Labute approximate surface area is 96.9 Å². The molecule has 2 fully saturated rings. The molecule has 0 bridgehead atoms. The lowest BCUT2D eigenvalue weighted by Gasteiger charge is -2.19. The summed E-state index contributed by atoms with van der Waals surface area (Å²) in [5.41, 5.74) is 0. The highest BCUT2D eigenvalue weighted by molar-refractivity contribution is 5.94. The van der Waals surface area contributed by atoms with E-state index in [-0.39, 0.29) is 18.9 Å². The van der Waals surface area contributed by atoms with Gasteiger partial charge in [0, 0.05) is 37.6 Å². The molecule has 1 saturated heterocycles. The molecular formula is C11H13F2NO3. The van der Waals surface area contributed by atoms with Gasteiger partial charge in [0.1, 0.15) is 0 Å². The molecule has 0 spiro atoms. The number of likely N-dealkylation sites (tertiary alicyclic amines) is 1. The van der Waals surface area contributed by atoms with Gasteiger partial charge in [-0.05, 0) is 12.3 Å². The monoisotopic (exact) mass is 245 g/mol. The van der Waals surface area contributed by atoms with Crippen LogP contribution in [0.2, 0.25) is 0 Å². The second-order valence-electron chi connectivity index (χ2n) is 4.58. The number of carbonyl (C=O) groups is 2. The zero-order valence-corrected chi connectivity index (χ0v) is 9.10. The Kier molecular flexibility index (Phi) is 2.89. The summed E-state index contributed by atoms with van der Waals surface area (Å²) in [6.45, 7) is 0.337. The number of fused-ring (bicyclic) bond motifs is 1. The molecule has 1 aliphatic carbocycles. The number of hydrogen-bond donors (Lipinski definition) is 1. The molecule has 2 atom stereocenters. The SMILES string of the molecule is O=C(O)/C=C/C(=O)N1C[C@@H]2CCC(F)(F)[C@@H]2C1. The average Bonchev–Trinajstić information content (AvgIpc) is 2.77. The van der Waals surface area contributed by atoms with Crippen molar-refractivity contribution in [1.82, 2.24) is 4.90 Å². The van der Waals surface area contributed by atoms with Crippen LogP contribution in [0.25, 0.3) is 0 Å². The summed E-state index contributed by atoms with van der Waals surface area (Å²) in [7, 11) is 0. The van der Waals surface area contributed by atoms with Crippen molar-refractivity contribution in [3.05, 3.63) is 12.2 Å². The molecule has 6 heteroatoms. The van der Waals surface area contributed by atoms with Crippen molar-refractivity contribution in [2.45, 2.75) is 18.8 Å². The lowest BCUT2D eigenvalue weighted by Crippen LogP contribution is -2.32. The average molecular weight is 245 g/mol. The molecule has 1 heterocycles. The van der Waals surface area contributed by atoms with E-state index < -0.39 is 23.7 Å². The Morgan fingerprint density at radius 1 is 1.29 bits per heavy atom. The van der Waals surface area contributed by atoms with Gasteiger partial charge in [0.2, 0.25) is 5.91 Å². The van der Waals surface area contributed by atoms with Gasteiger partial charge >= 0.3 is 5.97 Å². The Hall–Kier alpha value is -1.46. The minimum atomic E-state index is -2.68. The van der Waals surface area contributed by atoms with Gasteiger partial charge in [-0.25, -0.2) is 13.6 Å². The first-order valence-electron chi connectivity index (χ1n) is 5.48. The molecule has 2 rings (SSSR count). The fraction of sp³-hybridized carbons (Fsp3) is 0.636. The Morgan fingerprint density at radius 3 is 2.59 bits per heavy atom. The molecule has 1 amide bonds. The molecule has 1 saturated carbocycles. The lowest BCUT2D eigenvalue weighted by molar-refractivity contribution is -0.132. The van der Waals surface area contributed by atoms with Crippen LogP contribution in [0.3, 0.4) is 0 Å². The van der Waals surface area contributed by atoms with Gasteiger partial charge in [-0.2, -0.15) is 0 Å². The summed E-state index contributed by atoms with van der Waals surface area (Å²) in [5.74, 6) is -5.31. The van der Waals surface area contributed by atoms with Crippen molar-refractivity contribution < 1.29 is 23.5 Å². The Morgan fingerprint density at radius 2 is 2.00 bits per heavy atom. The number of amides is 1. The number of alkyl halides is 2. The zero-order valence-electron chi connectivity index (χ0n) is 9.10. The first kappa shape index (κ1) is 12.0. The van der Waals surface area contributed by atoms with Crippen molar-refractivity contribution in [2.24, 2.45) is 11.8 Å². The van der Waals surface area contributed by atoms with Gasteiger partial charge in [-0.1, -0.05) is 0 Å². The highest BCUT2D eigenvalue weighted by Crippen LogP contribution is 2.48. The van der Waals surface area contributed by atoms with E-state index in [1.807, 2.05) is 0 Å². The summed E-state index contributed by atoms with van der Waals surface area (Å²) in [4.78, 5) is 23.1. The highest BCUT2D eigenvalue weighted by atomic mass is 19.3. The van der Waals surface area contributed by atoms with Crippen LogP contribution < -0.4 is 0 Å². The molecule has 0 aromatic rings. The van der Waals surface area contributed by atoms with Crippen LogP contribution in [0, 0.1) is 11.8 Å². The van der Waals surface area contributed by atoms with Crippen LogP contribution in [0.15, 0.2) is 12.2 Å². The van der Waals surface area contributed by atoms with Gasteiger partial charge in [0.25, 0.3) is 5.92 Å². The first-order valence-corrected chi connectivity index (χ1v) is 5.48. The second-order valence-corrected chi connectivity index (χ2v) is 4.58. The molecule has 2 aliphatic rings. The number of nitrogens with zero attached hydrogens (tertiary/aromatic N) is 1. The van der Waals surface area contributed by atoms with E-state index in [4.69, 9.17) is 5.11 Å². The lowest BCUT2D eigenvalue weighted by atomic mass is 9.99. The zero-order chi connectivity index (χ0) is 12.6. The summed E-state index contributed by atoms with van der Waals surface area (Å²) < 4.78 is 26.8. The van der Waals surface area contributed by atoms with E-state index >= 15 is 0 Å². The third-order valence-corrected chi connectivity index (χ3v) is 3.51. The summed E-state index contributed by atoms with van der Waals surface area (Å²) in [5, 5.41) is 8.37. The molecule has 4 nitrogen and oxygen atoms in total. The highest BCUT2D eigenvalue weighted by Gasteiger charge is 2.54. The van der Waals surface area contributed by atoms with Crippen LogP contribution >= 0.6 is 0 Å². The molecule has 17 heavy (non-hydrogen) atoms. The molecule has 1 N–H and O–H groups in total. The minimum Gasteiger partial charge on any atom is -0.478 e. The summed E-state index contributed by atoms with van der Waals surface area (Å²) >= 11 is 0. The Bertz CT molecular complexity index is 381. The van der Waals surface area contributed by atoms with E-state index in [0.29, 0.717) is 13.0 Å². The number of rotatable bonds is 2.